The van der Waals surface area contributed by atoms with Crippen LogP contribution in [-0.2, 0) is 29.2 Å². The van der Waals surface area contributed by atoms with Gasteiger partial charge in [0.05, 0.1) is 18.2 Å². The zero-order valence-corrected chi connectivity index (χ0v) is 21.5. The molecular formula is C26H28BrN5O3. The van der Waals surface area contributed by atoms with E-state index in [2.05, 4.69) is 51.4 Å². The third-order valence-corrected chi connectivity index (χ3v) is 7.55. The van der Waals surface area contributed by atoms with E-state index in [1.807, 2.05) is 34.6 Å². The van der Waals surface area contributed by atoms with Gasteiger partial charge in [0.1, 0.15) is 6.54 Å². The second-order valence-corrected chi connectivity index (χ2v) is 10.2. The van der Waals surface area contributed by atoms with Crippen molar-refractivity contribution in [3.8, 4) is 0 Å². The fourth-order valence-electron chi connectivity index (χ4n) is 5.13. The number of aryl methyl sites for hydroxylation is 1. The number of hydrogen-bond acceptors (Lipinski definition) is 3. The number of carbonyl (C=O) groups is 3. The van der Waals surface area contributed by atoms with Crippen molar-refractivity contribution in [2.45, 2.75) is 39.5 Å². The van der Waals surface area contributed by atoms with Crippen LogP contribution < -0.4 is 5.32 Å². The maximum absolute atomic E-state index is 13.8. The highest BCUT2D eigenvalue weighted by molar-refractivity contribution is 9.10. The molecule has 182 valence electrons. The largest absolute Gasteiger partial charge is 0.348 e. The molecule has 4 heterocycles. The van der Waals surface area contributed by atoms with Crippen LogP contribution in [0.15, 0.2) is 47.5 Å². The van der Waals surface area contributed by atoms with Gasteiger partial charge in [-0.25, -0.2) is 0 Å². The second-order valence-electron chi connectivity index (χ2n) is 9.26. The van der Waals surface area contributed by atoms with Crippen LogP contribution in [0.2, 0.25) is 0 Å². The van der Waals surface area contributed by atoms with Crippen LogP contribution in [0.25, 0.3) is 10.9 Å². The molecule has 0 radical (unpaired) electrons. The molecule has 35 heavy (non-hydrogen) atoms. The number of aromatic nitrogens is 2. The van der Waals surface area contributed by atoms with E-state index in [0.717, 1.165) is 33.3 Å². The summed E-state index contributed by atoms with van der Waals surface area (Å²) in [6.45, 7) is 10.5. The fourth-order valence-corrected chi connectivity index (χ4v) is 5.49. The predicted octanol–water partition coefficient (Wildman–Crippen LogP) is 2.99. The van der Waals surface area contributed by atoms with Crippen LogP contribution in [-0.4, -0.2) is 62.3 Å². The SMILES string of the molecule is C=CC(=O)N1CC(NC(=O)Cn2c(C)c(C(=O)N3CCn4c(C)ccc4C3)c3cc(Br)ccc32)C1. The topological polar surface area (TPSA) is 79.6 Å². The lowest BCUT2D eigenvalue weighted by Gasteiger charge is -2.38. The number of fused-ring (bicyclic) bond motifs is 2. The van der Waals surface area contributed by atoms with Gasteiger partial charge in [-0.3, -0.25) is 14.4 Å². The van der Waals surface area contributed by atoms with Crippen molar-refractivity contribution in [2.24, 2.45) is 0 Å². The van der Waals surface area contributed by atoms with Gasteiger partial charge in [0.15, 0.2) is 0 Å². The van der Waals surface area contributed by atoms with Gasteiger partial charge in [-0.2, -0.15) is 0 Å². The number of hydrogen-bond donors (Lipinski definition) is 1. The molecule has 0 spiro atoms. The van der Waals surface area contributed by atoms with Crippen molar-refractivity contribution in [2.75, 3.05) is 19.6 Å². The maximum Gasteiger partial charge on any atom is 0.256 e. The van der Waals surface area contributed by atoms with E-state index in [9.17, 15) is 14.4 Å². The highest BCUT2D eigenvalue weighted by atomic mass is 79.9. The highest BCUT2D eigenvalue weighted by Gasteiger charge is 2.31. The first kappa shape index (κ1) is 23.4. The van der Waals surface area contributed by atoms with Crippen LogP contribution in [0.4, 0.5) is 0 Å². The summed E-state index contributed by atoms with van der Waals surface area (Å²) in [7, 11) is 0. The Labute approximate surface area is 212 Å². The Morgan fingerprint density at radius 2 is 1.89 bits per heavy atom. The first-order valence-corrected chi connectivity index (χ1v) is 12.5. The summed E-state index contributed by atoms with van der Waals surface area (Å²) in [6.07, 6.45) is 1.28. The fraction of sp³-hybridized carbons (Fsp3) is 0.346. The number of carbonyl (C=O) groups excluding carboxylic acids is 3. The van der Waals surface area contributed by atoms with Crippen molar-refractivity contribution in [1.29, 1.82) is 0 Å². The number of nitrogens with zero attached hydrogens (tertiary/aromatic N) is 4. The van der Waals surface area contributed by atoms with E-state index < -0.39 is 0 Å². The van der Waals surface area contributed by atoms with Gasteiger partial charge in [0.25, 0.3) is 5.91 Å². The normalized spacial score (nSPS) is 15.6. The third-order valence-electron chi connectivity index (χ3n) is 7.06. The third kappa shape index (κ3) is 4.18. The number of rotatable bonds is 5. The van der Waals surface area contributed by atoms with Crippen LogP contribution >= 0.6 is 15.9 Å². The van der Waals surface area contributed by atoms with Gasteiger partial charge in [-0.1, -0.05) is 22.5 Å². The summed E-state index contributed by atoms with van der Waals surface area (Å²) < 4.78 is 5.04. The molecule has 1 saturated heterocycles. The van der Waals surface area contributed by atoms with E-state index in [1.165, 1.54) is 11.8 Å². The molecular weight excluding hydrogens is 510 g/mol. The first-order valence-electron chi connectivity index (χ1n) is 11.7. The zero-order chi connectivity index (χ0) is 24.9. The highest BCUT2D eigenvalue weighted by Crippen LogP contribution is 2.31. The molecule has 2 aliphatic rings. The van der Waals surface area contributed by atoms with Crippen LogP contribution in [0.3, 0.4) is 0 Å². The molecule has 8 nitrogen and oxygen atoms in total. The molecule has 5 rings (SSSR count). The molecule has 1 fully saturated rings. The van der Waals surface area contributed by atoms with Crippen LogP contribution in [0.1, 0.15) is 27.4 Å². The molecule has 2 aliphatic heterocycles. The lowest BCUT2D eigenvalue weighted by atomic mass is 10.1. The quantitative estimate of drug-likeness (QED) is 0.508. The molecule has 3 amide bonds. The predicted molar refractivity (Wildman–Crippen MR) is 137 cm³/mol. The number of benzene rings is 1. The Bertz CT molecular complexity index is 1360. The Morgan fingerprint density at radius 1 is 1.11 bits per heavy atom. The molecule has 9 heteroatoms. The number of halogens is 1. The molecule has 1 aromatic carbocycles. The molecule has 2 aromatic heterocycles. The van der Waals surface area contributed by atoms with Crippen molar-refractivity contribution in [1.82, 2.24) is 24.3 Å². The number of nitrogens with one attached hydrogen (secondary N) is 1. The van der Waals surface area contributed by atoms with E-state index >= 15 is 0 Å². The van der Waals surface area contributed by atoms with E-state index in [1.54, 1.807) is 4.90 Å². The van der Waals surface area contributed by atoms with E-state index in [-0.39, 0.29) is 30.3 Å². The summed E-state index contributed by atoms with van der Waals surface area (Å²) >= 11 is 3.54. The molecule has 0 bridgehead atoms. The maximum atomic E-state index is 13.8. The van der Waals surface area contributed by atoms with Crippen molar-refractivity contribution in [3.05, 3.63) is 70.1 Å². The molecule has 3 aromatic rings. The Morgan fingerprint density at radius 3 is 2.63 bits per heavy atom. The van der Waals surface area contributed by atoms with Gasteiger partial charge >= 0.3 is 0 Å². The Hall–Kier alpha value is -3.33. The lowest BCUT2D eigenvalue weighted by Crippen LogP contribution is -2.61. The summed E-state index contributed by atoms with van der Waals surface area (Å²) in [5.41, 5.74) is 4.59. The van der Waals surface area contributed by atoms with Crippen molar-refractivity contribution < 1.29 is 14.4 Å². The zero-order valence-electron chi connectivity index (χ0n) is 19.9. The molecule has 0 aliphatic carbocycles. The Balaban J connectivity index is 1.39. The van der Waals surface area contributed by atoms with Crippen LogP contribution in [0, 0.1) is 13.8 Å². The first-order chi connectivity index (χ1) is 16.8. The Kier molecular flexibility index (Phi) is 6.04. The number of amides is 3. The van der Waals surface area contributed by atoms with Crippen molar-refractivity contribution in [3.63, 3.8) is 0 Å². The average molecular weight is 538 g/mol. The molecule has 1 N–H and O–H groups in total. The van der Waals surface area contributed by atoms with Gasteiger partial charge in [-0.05, 0) is 50.3 Å². The smallest absolute Gasteiger partial charge is 0.256 e. The van der Waals surface area contributed by atoms with E-state index in [0.29, 0.717) is 31.7 Å². The minimum Gasteiger partial charge on any atom is -0.348 e. The average Bonchev–Trinajstić information content (AvgIpc) is 3.31. The molecule has 0 unspecified atom stereocenters. The minimum atomic E-state index is -0.145. The standard InChI is InChI=1S/C26H28BrN5O3/c1-4-24(34)30-12-19(13-30)28-23(33)15-32-17(3)25(21-11-18(27)6-8-22(21)32)26(35)29-9-10-31-16(2)5-7-20(31)14-29/h4-8,11,19H,1,9-10,12-15H2,2-3H3,(H,28,33). The molecule has 0 atom stereocenters. The van der Waals surface area contributed by atoms with Gasteiger partial charge in [0.2, 0.25) is 11.8 Å². The van der Waals surface area contributed by atoms with Crippen LogP contribution in [0.5, 0.6) is 0 Å². The second kappa shape index (κ2) is 9.03. The molecule has 0 saturated carbocycles. The monoisotopic (exact) mass is 537 g/mol. The summed E-state index contributed by atoms with van der Waals surface area (Å²) in [5, 5.41) is 3.83. The minimum absolute atomic E-state index is 0.0209. The lowest BCUT2D eigenvalue weighted by molar-refractivity contribution is -0.133. The van der Waals surface area contributed by atoms with Gasteiger partial charge in [-0.15, -0.1) is 0 Å². The summed E-state index contributed by atoms with van der Waals surface area (Å²) in [5.74, 6) is -0.294. The van der Waals surface area contributed by atoms with Gasteiger partial charge < -0.3 is 24.3 Å². The number of likely N-dealkylation sites (tertiary alicyclic amines) is 1. The summed E-state index contributed by atoms with van der Waals surface area (Å²) in [4.78, 5) is 41.8. The van der Waals surface area contributed by atoms with Gasteiger partial charge in [0, 0.05) is 58.6 Å². The summed E-state index contributed by atoms with van der Waals surface area (Å²) in [6, 6.07) is 9.91. The van der Waals surface area contributed by atoms with Crippen molar-refractivity contribution >= 4 is 44.6 Å². The van der Waals surface area contributed by atoms with E-state index in [4.69, 9.17) is 0 Å².